The van der Waals surface area contributed by atoms with Crippen LogP contribution in [0, 0.1) is 13.8 Å². The van der Waals surface area contributed by atoms with Crippen LogP contribution in [-0.4, -0.2) is 25.0 Å². The lowest BCUT2D eigenvalue weighted by molar-refractivity contribution is 0.779. The van der Waals surface area contributed by atoms with Crippen LogP contribution in [0.25, 0.3) is 5.82 Å². The Morgan fingerprint density at radius 3 is 2.50 bits per heavy atom. The van der Waals surface area contributed by atoms with E-state index in [0.717, 1.165) is 5.82 Å². The van der Waals surface area contributed by atoms with Gasteiger partial charge in [-0.3, -0.25) is 0 Å². The van der Waals surface area contributed by atoms with Gasteiger partial charge >= 0.3 is 0 Å². The second-order valence-corrected chi connectivity index (χ2v) is 3.22. The fraction of sp³-hybridized carbons (Fsp3) is 0.250. The first kappa shape index (κ1) is 9.08. The van der Waals surface area contributed by atoms with E-state index in [1.54, 1.807) is 16.8 Å². The molecular formula is C8H8ClN5. The second-order valence-electron chi connectivity index (χ2n) is 2.83. The molecule has 6 heteroatoms. The van der Waals surface area contributed by atoms with Crippen molar-refractivity contribution in [1.29, 1.82) is 0 Å². The van der Waals surface area contributed by atoms with Gasteiger partial charge in [-0.1, -0.05) is 11.6 Å². The smallest absolute Gasteiger partial charge is 0.177 e. The predicted octanol–water partition coefficient (Wildman–Crippen LogP) is 1.33. The number of halogens is 1. The molecule has 2 rings (SSSR count). The molecule has 0 N–H and O–H groups in total. The van der Waals surface area contributed by atoms with Crippen molar-refractivity contribution in [3.8, 4) is 5.82 Å². The normalized spacial score (nSPS) is 10.5. The predicted molar refractivity (Wildman–Crippen MR) is 51.4 cm³/mol. The van der Waals surface area contributed by atoms with Crippen LogP contribution in [0.2, 0.25) is 5.15 Å². The first-order valence-corrected chi connectivity index (χ1v) is 4.44. The number of hydrogen-bond acceptors (Lipinski definition) is 4. The molecule has 0 saturated heterocycles. The van der Waals surface area contributed by atoms with Gasteiger partial charge in [-0.25, -0.2) is 4.98 Å². The van der Waals surface area contributed by atoms with Gasteiger partial charge in [0.15, 0.2) is 11.0 Å². The molecule has 0 aromatic carbocycles. The lowest BCUT2D eigenvalue weighted by Crippen LogP contribution is -2.03. The molecule has 2 aromatic heterocycles. The molecule has 0 unspecified atom stereocenters. The van der Waals surface area contributed by atoms with Crippen LogP contribution < -0.4 is 0 Å². The third-order valence-corrected chi connectivity index (χ3v) is 1.91. The molecule has 0 spiro atoms. The standard InChI is InChI=1S/C8H8ClN5/c1-5-10-6(2)14(13-5)8-4-3-7(9)11-12-8/h3-4H,1-2H3. The molecule has 0 fully saturated rings. The number of hydrogen-bond donors (Lipinski definition) is 0. The molecule has 0 amide bonds. The quantitative estimate of drug-likeness (QED) is 0.711. The van der Waals surface area contributed by atoms with Gasteiger partial charge in [-0.2, -0.15) is 4.68 Å². The molecule has 14 heavy (non-hydrogen) atoms. The molecule has 0 atom stereocenters. The Balaban J connectivity index is 2.49. The molecule has 0 aliphatic heterocycles. The van der Waals surface area contributed by atoms with Crippen LogP contribution >= 0.6 is 11.6 Å². The summed E-state index contributed by atoms with van der Waals surface area (Å²) in [4.78, 5) is 4.16. The van der Waals surface area contributed by atoms with E-state index in [9.17, 15) is 0 Å². The lowest BCUT2D eigenvalue weighted by atomic mass is 10.5. The van der Waals surface area contributed by atoms with E-state index in [0.29, 0.717) is 16.8 Å². The van der Waals surface area contributed by atoms with Crippen molar-refractivity contribution in [2.75, 3.05) is 0 Å². The fourth-order valence-corrected chi connectivity index (χ4v) is 1.26. The second kappa shape index (κ2) is 3.34. The van der Waals surface area contributed by atoms with Gasteiger partial charge in [0.05, 0.1) is 0 Å². The van der Waals surface area contributed by atoms with E-state index in [-0.39, 0.29) is 0 Å². The molecule has 0 bridgehead atoms. The van der Waals surface area contributed by atoms with Crippen molar-refractivity contribution in [1.82, 2.24) is 25.0 Å². The maximum atomic E-state index is 5.63. The fourth-order valence-electron chi connectivity index (χ4n) is 1.16. The van der Waals surface area contributed by atoms with Crippen LogP contribution in [-0.2, 0) is 0 Å². The maximum absolute atomic E-state index is 5.63. The summed E-state index contributed by atoms with van der Waals surface area (Å²) >= 11 is 5.63. The number of rotatable bonds is 1. The van der Waals surface area contributed by atoms with Gasteiger partial charge in [-0.05, 0) is 26.0 Å². The molecule has 2 heterocycles. The highest BCUT2D eigenvalue weighted by Crippen LogP contribution is 2.07. The SMILES string of the molecule is Cc1nc(C)n(-c2ccc(Cl)nn2)n1. The van der Waals surface area contributed by atoms with E-state index < -0.39 is 0 Å². The van der Waals surface area contributed by atoms with Crippen molar-refractivity contribution in [3.63, 3.8) is 0 Å². The Labute approximate surface area is 85.8 Å². The zero-order chi connectivity index (χ0) is 10.1. The summed E-state index contributed by atoms with van der Waals surface area (Å²) in [6, 6.07) is 3.41. The van der Waals surface area contributed by atoms with E-state index in [1.165, 1.54) is 0 Å². The van der Waals surface area contributed by atoms with Gasteiger partial charge in [0.25, 0.3) is 0 Å². The van der Waals surface area contributed by atoms with Gasteiger partial charge < -0.3 is 0 Å². The minimum atomic E-state index is 0.364. The first-order valence-electron chi connectivity index (χ1n) is 4.06. The Morgan fingerprint density at radius 1 is 1.21 bits per heavy atom. The first-order chi connectivity index (χ1) is 6.66. The number of nitrogens with zero attached hydrogens (tertiary/aromatic N) is 5. The number of aryl methyl sites for hydroxylation is 2. The molecule has 0 aliphatic rings. The van der Waals surface area contributed by atoms with Crippen molar-refractivity contribution in [2.24, 2.45) is 0 Å². The Kier molecular flexibility index (Phi) is 2.17. The highest BCUT2D eigenvalue weighted by molar-refractivity contribution is 6.29. The Bertz CT molecular complexity index is 447. The molecule has 2 aromatic rings. The maximum Gasteiger partial charge on any atom is 0.177 e. The summed E-state index contributed by atoms with van der Waals surface area (Å²) in [5.41, 5.74) is 0. The molecule has 0 radical (unpaired) electrons. The average molecular weight is 210 g/mol. The third-order valence-electron chi connectivity index (χ3n) is 1.71. The van der Waals surface area contributed by atoms with Crippen molar-refractivity contribution < 1.29 is 0 Å². The summed E-state index contributed by atoms with van der Waals surface area (Å²) in [5.74, 6) is 2.10. The zero-order valence-electron chi connectivity index (χ0n) is 7.77. The topological polar surface area (TPSA) is 56.5 Å². The zero-order valence-corrected chi connectivity index (χ0v) is 8.52. The van der Waals surface area contributed by atoms with Crippen LogP contribution in [0.3, 0.4) is 0 Å². The van der Waals surface area contributed by atoms with Gasteiger partial charge in [0, 0.05) is 0 Å². The summed E-state index contributed by atoms with van der Waals surface area (Å²) in [6.45, 7) is 3.68. The number of aromatic nitrogens is 5. The summed E-state index contributed by atoms with van der Waals surface area (Å²) in [6.07, 6.45) is 0. The van der Waals surface area contributed by atoms with Crippen LogP contribution in [0.5, 0.6) is 0 Å². The average Bonchev–Trinajstić information content (AvgIpc) is 2.47. The van der Waals surface area contributed by atoms with Crippen LogP contribution in [0.1, 0.15) is 11.6 Å². The van der Waals surface area contributed by atoms with Crippen molar-refractivity contribution in [3.05, 3.63) is 28.9 Å². The van der Waals surface area contributed by atoms with Gasteiger partial charge in [0.2, 0.25) is 0 Å². The van der Waals surface area contributed by atoms with E-state index in [2.05, 4.69) is 20.3 Å². The third kappa shape index (κ3) is 1.58. The summed E-state index contributed by atoms with van der Waals surface area (Å²) < 4.78 is 1.62. The van der Waals surface area contributed by atoms with E-state index >= 15 is 0 Å². The van der Waals surface area contributed by atoms with Crippen molar-refractivity contribution >= 4 is 11.6 Å². The highest BCUT2D eigenvalue weighted by atomic mass is 35.5. The summed E-state index contributed by atoms with van der Waals surface area (Å²) in [7, 11) is 0. The largest absolute Gasteiger partial charge is 0.217 e. The molecular weight excluding hydrogens is 202 g/mol. The van der Waals surface area contributed by atoms with E-state index in [1.807, 2.05) is 13.8 Å². The molecule has 0 saturated carbocycles. The minimum absolute atomic E-state index is 0.364. The van der Waals surface area contributed by atoms with Gasteiger partial charge in [0.1, 0.15) is 11.6 Å². The summed E-state index contributed by atoms with van der Waals surface area (Å²) in [5, 5.41) is 12.2. The molecule has 72 valence electrons. The van der Waals surface area contributed by atoms with Gasteiger partial charge in [-0.15, -0.1) is 15.3 Å². The highest BCUT2D eigenvalue weighted by Gasteiger charge is 2.05. The molecule has 5 nitrogen and oxygen atoms in total. The lowest BCUT2D eigenvalue weighted by Gasteiger charge is -1.99. The molecule has 0 aliphatic carbocycles. The monoisotopic (exact) mass is 209 g/mol. The minimum Gasteiger partial charge on any atom is -0.217 e. The van der Waals surface area contributed by atoms with E-state index in [4.69, 9.17) is 11.6 Å². The van der Waals surface area contributed by atoms with Crippen LogP contribution in [0.4, 0.5) is 0 Å². The Hall–Kier alpha value is -1.49. The Morgan fingerprint density at radius 2 is 2.00 bits per heavy atom. The van der Waals surface area contributed by atoms with Crippen molar-refractivity contribution in [2.45, 2.75) is 13.8 Å². The van der Waals surface area contributed by atoms with Crippen LogP contribution in [0.15, 0.2) is 12.1 Å².